The van der Waals surface area contributed by atoms with Gasteiger partial charge in [-0.1, -0.05) is 71.7 Å². The van der Waals surface area contributed by atoms with Gasteiger partial charge in [0.25, 0.3) is 0 Å². The van der Waals surface area contributed by atoms with Crippen molar-refractivity contribution in [3.63, 3.8) is 0 Å². The second kappa shape index (κ2) is 17.6. The summed E-state index contributed by atoms with van der Waals surface area (Å²) in [6.07, 6.45) is 8.08. The molecule has 0 aliphatic heterocycles. The number of esters is 2. The fourth-order valence-corrected chi connectivity index (χ4v) is 14.0. The number of ether oxygens (including phenoxy) is 2. The Bertz CT molecular complexity index is 1940. The smallest absolute Gasteiger partial charge is 0.309 e. The predicted octanol–water partition coefficient (Wildman–Crippen LogP) is 10.6. The lowest BCUT2D eigenvalue weighted by Crippen LogP contribution is -2.65. The zero-order chi connectivity index (χ0) is 45.8. The molecule has 0 heterocycles. The van der Waals surface area contributed by atoms with Gasteiger partial charge in [-0.05, 0) is 160 Å². The fourth-order valence-electron chi connectivity index (χ4n) is 13.9. The van der Waals surface area contributed by atoms with Gasteiger partial charge in [0.2, 0.25) is 0 Å². The Kier molecular flexibility index (Phi) is 13.7. The molecule has 0 saturated heterocycles. The van der Waals surface area contributed by atoms with E-state index in [4.69, 9.17) is 21.1 Å². The lowest BCUT2D eigenvalue weighted by atomic mass is 9.33. The topological polar surface area (TPSA) is 156 Å². The van der Waals surface area contributed by atoms with Crippen molar-refractivity contribution in [2.75, 3.05) is 6.54 Å². The molecular weight excluding hydrogens is 806 g/mol. The Morgan fingerprint density at radius 3 is 2.08 bits per heavy atom. The number of hydrogen-bond donors (Lipinski definition) is 3. The molecule has 0 radical (unpaired) electrons. The molecule has 1 aromatic rings. The third kappa shape index (κ3) is 8.54. The molecule has 4 saturated carbocycles. The number of carbonyl (C=O) groups excluding carboxylic acids is 3. The van der Waals surface area contributed by atoms with Gasteiger partial charge in [0.1, 0.15) is 12.2 Å². The molecule has 4 fully saturated rings. The Hall–Kier alpha value is -3.24. The summed E-state index contributed by atoms with van der Waals surface area (Å²) in [5, 5.41) is 23.8. The van der Waals surface area contributed by atoms with Crippen LogP contribution in [0.3, 0.4) is 0 Å². The molecule has 0 aromatic heterocycles. The average Bonchev–Trinajstić information content (AvgIpc) is 3.49. The first-order chi connectivity index (χ1) is 28.9. The number of fused-ring (bicyclic) bond motifs is 7. The number of rotatable bonds is 16. The molecule has 5 aliphatic rings. The van der Waals surface area contributed by atoms with E-state index in [1.807, 2.05) is 24.3 Å². The summed E-state index contributed by atoms with van der Waals surface area (Å²) in [6.45, 7) is 21.0. The normalized spacial score (nSPS) is 33.8. The van der Waals surface area contributed by atoms with Crippen LogP contribution >= 0.6 is 11.6 Å². The predicted molar refractivity (Wildman–Crippen MR) is 239 cm³/mol. The summed E-state index contributed by atoms with van der Waals surface area (Å²) in [5.74, 6) is -1.87. The van der Waals surface area contributed by atoms with Crippen LogP contribution in [0.2, 0.25) is 5.02 Å². The van der Waals surface area contributed by atoms with E-state index in [1.165, 1.54) is 19.4 Å². The van der Waals surface area contributed by atoms with Crippen molar-refractivity contribution < 1.29 is 43.7 Å². The first-order valence-corrected chi connectivity index (χ1v) is 23.8. The molecule has 11 heteroatoms. The number of allylic oxidation sites excluding steroid dienone is 1. The van der Waals surface area contributed by atoms with Crippen LogP contribution < -0.4 is 5.32 Å². The maximum atomic E-state index is 14.5. The number of carbonyl (C=O) groups is 5. The average molecular weight is 881 g/mol. The number of ketones is 1. The standard InChI is InChI=1S/C51H74ClNO9/c1-11-12-33-34-19-22-50(10)38(48(34,8)21-20-37(33)61-40(55)26-46(4,5)44(57)58)18-17-35-43-42(30(2)3)36(54)25-51(43,24-23-49(35,50)9)39(62-41(56)27-47(6,7)45(59)60)29-53-28-31-13-15-32(52)16-14-31/h13-16,30,33-35,37-39,53H,11-12,17-29H2,1-10H3,(H,57,58)(H,59,60)/t33-,34+,35-,37+,38-,39+,48+,49-,50-,51+/m1/s1. The van der Waals surface area contributed by atoms with Crippen molar-refractivity contribution >= 4 is 41.3 Å². The monoisotopic (exact) mass is 880 g/mol. The highest BCUT2D eigenvalue weighted by Gasteiger charge is 2.70. The molecule has 1 aromatic carbocycles. The lowest BCUT2D eigenvalue weighted by Gasteiger charge is -2.71. The van der Waals surface area contributed by atoms with E-state index >= 15 is 0 Å². The van der Waals surface area contributed by atoms with E-state index in [0.717, 1.165) is 68.9 Å². The second-order valence-electron chi connectivity index (χ2n) is 22.4. The van der Waals surface area contributed by atoms with Crippen LogP contribution in [0.5, 0.6) is 0 Å². The van der Waals surface area contributed by atoms with Gasteiger partial charge in [0.05, 0.1) is 23.7 Å². The molecule has 0 unspecified atom stereocenters. The van der Waals surface area contributed by atoms with Gasteiger partial charge in [0, 0.05) is 29.9 Å². The molecule has 10 atom stereocenters. The summed E-state index contributed by atoms with van der Waals surface area (Å²) < 4.78 is 12.8. The van der Waals surface area contributed by atoms with Crippen molar-refractivity contribution in [3.8, 4) is 0 Å². The fraction of sp³-hybridized carbons (Fsp3) is 0.745. The van der Waals surface area contributed by atoms with Crippen molar-refractivity contribution in [1.29, 1.82) is 0 Å². The second-order valence-corrected chi connectivity index (χ2v) is 22.8. The molecule has 0 spiro atoms. The highest BCUT2D eigenvalue weighted by molar-refractivity contribution is 6.30. The van der Waals surface area contributed by atoms with E-state index in [2.05, 4.69) is 46.9 Å². The molecule has 6 rings (SSSR count). The summed E-state index contributed by atoms with van der Waals surface area (Å²) in [7, 11) is 0. The molecule has 62 heavy (non-hydrogen) atoms. The Morgan fingerprint density at radius 1 is 0.855 bits per heavy atom. The quantitative estimate of drug-likeness (QED) is 0.137. The van der Waals surface area contributed by atoms with Crippen LogP contribution in [-0.2, 0) is 40.0 Å². The van der Waals surface area contributed by atoms with Gasteiger partial charge in [-0.25, -0.2) is 0 Å². The van der Waals surface area contributed by atoms with Crippen LogP contribution in [0.25, 0.3) is 0 Å². The zero-order valence-electron chi connectivity index (χ0n) is 39.1. The molecule has 10 nitrogen and oxygen atoms in total. The molecule has 0 bridgehead atoms. The minimum atomic E-state index is -1.31. The van der Waals surface area contributed by atoms with Gasteiger partial charge in [-0.3, -0.25) is 24.0 Å². The van der Waals surface area contributed by atoms with Gasteiger partial charge < -0.3 is 25.0 Å². The van der Waals surface area contributed by atoms with Crippen molar-refractivity contribution in [3.05, 3.63) is 46.0 Å². The molecule has 3 N–H and O–H groups in total. The van der Waals surface area contributed by atoms with Gasteiger partial charge in [-0.15, -0.1) is 0 Å². The Labute approximate surface area is 375 Å². The number of carboxylic acid groups (broad SMARTS) is 2. The minimum absolute atomic E-state index is 0.0138. The molecule has 5 aliphatic carbocycles. The largest absolute Gasteiger partial charge is 0.481 e. The number of carboxylic acids is 2. The molecule has 0 amide bonds. The summed E-state index contributed by atoms with van der Waals surface area (Å²) in [6, 6.07) is 7.60. The van der Waals surface area contributed by atoms with Crippen molar-refractivity contribution in [2.45, 2.75) is 171 Å². The van der Waals surface area contributed by atoms with E-state index in [0.29, 0.717) is 36.4 Å². The lowest BCUT2D eigenvalue weighted by molar-refractivity contribution is -0.221. The minimum Gasteiger partial charge on any atom is -0.481 e. The van der Waals surface area contributed by atoms with Crippen LogP contribution in [0.15, 0.2) is 35.4 Å². The number of nitrogens with one attached hydrogen (secondary N) is 1. The van der Waals surface area contributed by atoms with Crippen LogP contribution in [-0.4, -0.2) is 58.6 Å². The zero-order valence-corrected chi connectivity index (χ0v) is 39.8. The summed E-state index contributed by atoms with van der Waals surface area (Å²) in [4.78, 5) is 65.7. The number of halogens is 1. The van der Waals surface area contributed by atoms with Gasteiger partial charge >= 0.3 is 23.9 Å². The Morgan fingerprint density at radius 2 is 1.48 bits per heavy atom. The first-order valence-electron chi connectivity index (χ1n) is 23.5. The van der Waals surface area contributed by atoms with E-state index < -0.39 is 46.2 Å². The summed E-state index contributed by atoms with van der Waals surface area (Å²) >= 11 is 6.18. The maximum absolute atomic E-state index is 14.5. The van der Waals surface area contributed by atoms with Crippen molar-refractivity contribution in [2.24, 2.45) is 62.1 Å². The number of aliphatic carboxylic acids is 2. The van der Waals surface area contributed by atoms with Crippen LogP contribution in [0, 0.1) is 62.1 Å². The Balaban J connectivity index is 1.33. The van der Waals surface area contributed by atoms with Crippen molar-refractivity contribution in [1.82, 2.24) is 5.32 Å². The SMILES string of the molecule is CCC[C@H]1[C@@H](OC(=O)CC(C)(C)C(=O)O)CC[C@]2(C)[C@H]3CC[C@@H]4C5=C(C(C)C)C(=O)C[C@]5([C@H](CNCc5ccc(Cl)cc5)OC(=O)CC(C)(C)C(=O)O)CC[C@@]4(C)[C@]3(C)CC[C@@H]12. The van der Waals surface area contributed by atoms with E-state index in [9.17, 15) is 34.2 Å². The van der Waals surface area contributed by atoms with Crippen LogP contribution in [0.1, 0.15) is 158 Å². The van der Waals surface area contributed by atoms with Crippen LogP contribution in [0.4, 0.5) is 0 Å². The number of Topliss-reactive ketones (excluding diaryl/α,β-unsaturated/α-hetero) is 1. The third-order valence-corrected chi connectivity index (χ3v) is 17.7. The highest BCUT2D eigenvalue weighted by Crippen LogP contribution is 2.76. The highest BCUT2D eigenvalue weighted by atomic mass is 35.5. The number of benzene rings is 1. The van der Waals surface area contributed by atoms with Gasteiger partial charge in [0.15, 0.2) is 5.78 Å². The molecule has 344 valence electrons. The van der Waals surface area contributed by atoms with E-state index in [1.54, 1.807) is 13.8 Å². The summed E-state index contributed by atoms with van der Waals surface area (Å²) in [5.41, 5.74) is -0.308. The van der Waals surface area contributed by atoms with E-state index in [-0.39, 0.29) is 65.1 Å². The first kappa shape index (κ1) is 48.2. The maximum Gasteiger partial charge on any atom is 0.309 e. The van der Waals surface area contributed by atoms with Gasteiger partial charge in [-0.2, -0.15) is 0 Å². The number of hydrogen-bond acceptors (Lipinski definition) is 8. The molecular formula is C51H74ClNO9. The third-order valence-electron chi connectivity index (χ3n) is 17.5.